The van der Waals surface area contributed by atoms with Crippen molar-refractivity contribution >= 4 is 11.9 Å². The van der Waals surface area contributed by atoms with Gasteiger partial charge in [-0.25, -0.2) is 0 Å². The van der Waals surface area contributed by atoms with E-state index >= 15 is 0 Å². The number of esters is 1. The molecule has 0 aromatic rings. The fourth-order valence-corrected chi connectivity index (χ4v) is 1.06. The summed E-state index contributed by atoms with van der Waals surface area (Å²) in [6, 6.07) is 0. The van der Waals surface area contributed by atoms with Crippen LogP contribution in [0.4, 0.5) is 0 Å². The van der Waals surface area contributed by atoms with Gasteiger partial charge in [0.15, 0.2) is 0 Å². The third-order valence-corrected chi connectivity index (χ3v) is 1.80. The van der Waals surface area contributed by atoms with Crippen LogP contribution in [-0.4, -0.2) is 24.0 Å². The van der Waals surface area contributed by atoms with Gasteiger partial charge in [0.25, 0.3) is 0 Å². The first kappa shape index (κ1) is 14.9. The van der Waals surface area contributed by atoms with Gasteiger partial charge in [0.05, 0.1) is 0 Å². The first-order valence-electron chi connectivity index (χ1n) is 5.69. The molecule has 0 atom stereocenters. The Hall–Kier alpha value is -1.06. The van der Waals surface area contributed by atoms with E-state index < -0.39 is 11.6 Å². The standard InChI is InChI=1S/C12H23NO3/c1-9(2)6-7-10(14)13-8-11(15)16-12(3,4)5/h9H,6-8H2,1-5H3,(H,13,14). The Balaban J connectivity index is 3.72. The zero-order valence-electron chi connectivity index (χ0n) is 10.9. The molecule has 0 aromatic carbocycles. The van der Waals surface area contributed by atoms with Gasteiger partial charge in [-0.2, -0.15) is 0 Å². The summed E-state index contributed by atoms with van der Waals surface area (Å²) in [6.07, 6.45) is 1.29. The Labute approximate surface area is 97.7 Å². The van der Waals surface area contributed by atoms with Crippen molar-refractivity contribution in [2.45, 2.75) is 53.1 Å². The maximum absolute atomic E-state index is 11.3. The number of hydrogen-bond donors (Lipinski definition) is 1. The molecule has 0 aliphatic heterocycles. The van der Waals surface area contributed by atoms with E-state index in [1.165, 1.54) is 0 Å². The molecule has 0 aromatic heterocycles. The zero-order valence-corrected chi connectivity index (χ0v) is 10.9. The molecule has 0 unspecified atom stereocenters. The summed E-state index contributed by atoms with van der Waals surface area (Å²) in [6.45, 7) is 9.46. The van der Waals surface area contributed by atoms with E-state index in [-0.39, 0.29) is 12.5 Å². The van der Waals surface area contributed by atoms with Crippen LogP contribution < -0.4 is 5.32 Å². The predicted octanol–water partition coefficient (Wildman–Crippen LogP) is 1.88. The molecule has 0 aliphatic carbocycles. The van der Waals surface area contributed by atoms with Crippen LogP contribution in [0.25, 0.3) is 0 Å². The van der Waals surface area contributed by atoms with Crippen LogP contribution in [0.15, 0.2) is 0 Å². The number of carbonyl (C=O) groups is 2. The zero-order chi connectivity index (χ0) is 12.8. The molecule has 16 heavy (non-hydrogen) atoms. The summed E-state index contributed by atoms with van der Waals surface area (Å²) in [5, 5.41) is 2.55. The van der Waals surface area contributed by atoms with Crippen molar-refractivity contribution in [2.75, 3.05) is 6.54 Å². The highest BCUT2D eigenvalue weighted by atomic mass is 16.6. The van der Waals surface area contributed by atoms with Gasteiger partial charge in [0, 0.05) is 6.42 Å². The third-order valence-electron chi connectivity index (χ3n) is 1.80. The quantitative estimate of drug-likeness (QED) is 0.732. The summed E-state index contributed by atoms with van der Waals surface area (Å²) in [5.74, 6) is -0.00256. The van der Waals surface area contributed by atoms with Crippen molar-refractivity contribution in [2.24, 2.45) is 5.92 Å². The van der Waals surface area contributed by atoms with Gasteiger partial charge in [-0.05, 0) is 33.1 Å². The van der Waals surface area contributed by atoms with Crippen LogP contribution in [0.3, 0.4) is 0 Å². The lowest BCUT2D eigenvalue weighted by molar-refractivity contribution is -0.154. The Morgan fingerprint density at radius 3 is 2.25 bits per heavy atom. The minimum absolute atomic E-state index is 0.0474. The minimum atomic E-state index is -0.500. The molecule has 0 fully saturated rings. The molecule has 4 nitrogen and oxygen atoms in total. The Morgan fingerprint density at radius 1 is 1.25 bits per heavy atom. The number of ether oxygens (including phenoxy) is 1. The van der Waals surface area contributed by atoms with E-state index in [1.54, 1.807) is 20.8 Å². The molecule has 94 valence electrons. The highest BCUT2D eigenvalue weighted by Gasteiger charge is 2.16. The van der Waals surface area contributed by atoms with Crippen LogP contribution in [0, 0.1) is 5.92 Å². The molecule has 1 N–H and O–H groups in total. The number of rotatable bonds is 5. The first-order chi connectivity index (χ1) is 7.20. The Bertz CT molecular complexity index is 241. The second-order valence-corrected chi connectivity index (χ2v) is 5.30. The predicted molar refractivity (Wildman–Crippen MR) is 62.9 cm³/mol. The van der Waals surface area contributed by atoms with Crippen molar-refractivity contribution in [1.29, 1.82) is 0 Å². The van der Waals surface area contributed by atoms with Gasteiger partial charge in [-0.1, -0.05) is 13.8 Å². The molecule has 0 saturated carbocycles. The number of hydrogen-bond acceptors (Lipinski definition) is 3. The van der Waals surface area contributed by atoms with Crippen molar-refractivity contribution in [3.8, 4) is 0 Å². The fraction of sp³-hybridized carbons (Fsp3) is 0.833. The van der Waals surface area contributed by atoms with Crippen LogP contribution in [0.1, 0.15) is 47.5 Å². The fourth-order valence-electron chi connectivity index (χ4n) is 1.06. The monoisotopic (exact) mass is 229 g/mol. The van der Waals surface area contributed by atoms with Crippen LogP contribution in [0.5, 0.6) is 0 Å². The van der Waals surface area contributed by atoms with Gasteiger partial charge in [0.1, 0.15) is 12.1 Å². The summed E-state index contributed by atoms with van der Waals surface area (Å²) in [7, 11) is 0. The molecule has 0 spiro atoms. The van der Waals surface area contributed by atoms with Crippen molar-refractivity contribution in [3.63, 3.8) is 0 Å². The van der Waals surface area contributed by atoms with Gasteiger partial charge in [-0.3, -0.25) is 9.59 Å². The average Bonchev–Trinajstić information content (AvgIpc) is 2.08. The van der Waals surface area contributed by atoms with Gasteiger partial charge >= 0.3 is 5.97 Å². The van der Waals surface area contributed by atoms with E-state index in [1.807, 2.05) is 0 Å². The minimum Gasteiger partial charge on any atom is -0.459 e. The van der Waals surface area contributed by atoms with Gasteiger partial charge in [-0.15, -0.1) is 0 Å². The second kappa shape index (κ2) is 6.51. The third kappa shape index (κ3) is 9.49. The molecule has 0 aliphatic rings. The Kier molecular flexibility index (Phi) is 6.08. The molecular weight excluding hydrogens is 206 g/mol. The lowest BCUT2D eigenvalue weighted by Gasteiger charge is -2.19. The summed E-state index contributed by atoms with van der Waals surface area (Å²) >= 11 is 0. The van der Waals surface area contributed by atoms with E-state index in [4.69, 9.17) is 4.74 Å². The molecule has 0 rings (SSSR count). The average molecular weight is 229 g/mol. The Morgan fingerprint density at radius 2 is 1.81 bits per heavy atom. The lowest BCUT2D eigenvalue weighted by atomic mass is 10.1. The maximum atomic E-state index is 11.3. The summed E-state index contributed by atoms with van der Waals surface area (Å²) in [5.41, 5.74) is -0.500. The normalized spacial score (nSPS) is 11.4. The smallest absolute Gasteiger partial charge is 0.325 e. The van der Waals surface area contributed by atoms with Crippen molar-refractivity contribution in [1.82, 2.24) is 5.32 Å². The van der Waals surface area contributed by atoms with E-state index in [0.29, 0.717) is 12.3 Å². The largest absolute Gasteiger partial charge is 0.459 e. The summed E-state index contributed by atoms with van der Waals surface area (Å²) in [4.78, 5) is 22.6. The summed E-state index contributed by atoms with van der Waals surface area (Å²) < 4.78 is 5.06. The molecule has 4 heteroatoms. The SMILES string of the molecule is CC(C)CCC(=O)NCC(=O)OC(C)(C)C. The van der Waals surface area contributed by atoms with Gasteiger partial charge in [0.2, 0.25) is 5.91 Å². The highest BCUT2D eigenvalue weighted by molar-refractivity contribution is 5.81. The molecule has 0 heterocycles. The first-order valence-corrected chi connectivity index (χ1v) is 5.69. The molecule has 0 saturated heterocycles. The second-order valence-electron chi connectivity index (χ2n) is 5.30. The molecule has 1 amide bonds. The number of carbonyl (C=O) groups excluding carboxylic acids is 2. The van der Waals surface area contributed by atoms with Gasteiger partial charge < -0.3 is 10.1 Å². The van der Waals surface area contributed by atoms with Crippen LogP contribution in [-0.2, 0) is 14.3 Å². The molecule has 0 radical (unpaired) electrons. The van der Waals surface area contributed by atoms with Crippen molar-refractivity contribution in [3.05, 3.63) is 0 Å². The van der Waals surface area contributed by atoms with Crippen LogP contribution in [0.2, 0.25) is 0 Å². The van der Waals surface area contributed by atoms with E-state index in [9.17, 15) is 9.59 Å². The van der Waals surface area contributed by atoms with E-state index in [0.717, 1.165) is 6.42 Å². The molecular formula is C12H23NO3. The molecule has 0 bridgehead atoms. The number of nitrogens with one attached hydrogen (secondary N) is 1. The lowest BCUT2D eigenvalue weighted by Crippen LogP contribution is -2.34. The highest BCUT2D eigenvalue weighted by Crippen LogP contribution is 2.06. The topological polar surface area (TPSA) is 55.4 Å². The number of amides is 1. The van der Waals surface area contributed by atoms with Crippen LogP contribution >= 0.6 is 0 Å². The maximum Gasteiger partial charge on any atom is 0.325 e. The van der Waals surface area contributed by atoms with E-state index in [2.05, 4.69) is 19.2 Å². The van der Waals surface area contributed by atoms with Crippen molar-refractivity contribution < 1.29 is 14.3 Å².